The minimum Gasteiger partial charge on any atom is -0.267 e. The standard InChI is InChI=1S/C20H22FN3O3S/c1-15(18-10-3-4-11-19(18)21)22-23-20(25)16-8-7-9-17(14-16)28(26,27)24-12-5-2-6-13-24/h3-4,7-11,14H,2,5-6,12-13H2,1H3,(H,23,25)/b22-15+. The predicted octanol–water partition coefficient (Wildman–Crippen LogP) is 3.15. The van der Waals surface area contributed by atoms with Crippen LogP contribution in [-0.4, -0.2) is 37.4 Å². The Hall–Kier alpha value is -2.58. The van der Waals surface area contributed by atoms with Gasteiger partial charge in [-0.15, -0.1) is 0 Å². The molecule has 1 aliphatic heterocycles. The summed E-state index contributed by atoms with van der Waals surface area (Å²) in [5.41, 5.74) is 3.12. The van der Waals surface area contributed by atoms with E-state index in [-0.39, 0.29) is 16.0 Å². The summed E-state index contributed by atoms with van der Waals surface area (Å²) in [5, 5.41) is 3.93. The van der Waals surface area contributed by atoms with E-state index in [9.17, 15) is 17.6 Å². The summed E-state index contributed by atoms with van der Waals surface area (Å²) in [4.78, 5) is 12.5. The van der Waals surface area contributed by atoms with Crippen molar-refractivity contribution in [2.75, 3.05) is 13.1 Å². The number of nitrogens with zero attached hydrogens (tertiary/aromatic N) is 2. The van der Waals surface area contributed by atoms with Crippen molar-refractivity contribution in [2.24, 2.45) is 5.10 Å². The largest absolute Gasteiger partial charge is 0.271 e. The van der Waals surface area contributed by atoms with Gasteiger partial charge in [-0.1, -0.05) is 30.7 Å². The number of nitrogens with one attached hydrogen (secondary N) is 1. The Morgan fingerprint density at radius 3 is 2.50 bits per heavy atom. The van der Waals surface area contributed by atoms with Gasteiger partial charge in [-0.2, -0.15) is 9.41 Å². The van der Waals surface area contributed by atoms with Gasteiger partial charge in [-0.05, 0) is 44.0 Å². The van der Waals surface area contributed by atoms with Gasteiger partial charge in [0, 0.05) is 24.2 Å². The van der Waals surface area contributed by atoms with Gasteiger partial charge in [0.1, 0.15) is 5.82 Å². The maximum atomic E-state index is 13.8. The van der Waals surface area contributed by atoms with Crippen LogP contribution in [0.2, 0.25) is 0 Å². The first kappa shape index (κ1) is 20.2. The molecule has 0 spiro atoms. The molecule has 1 saturated heterocycles. The number of sulfonamides is 1. The van der Waals surface area contributed by atoms with Gasteiger partial charge in [-0.25, -0.2) is 18.2 Å². The highest BCUT2D eigenvalue weighted by Crippen LogP contribution is 2.21. The molecule has 1 amide bonds. The molecule has 8 heteroatoms. The summed E-state index contributed by atoms with van der Waals surface area (Å²) in [6.07, 6.45) is 2.70. The van der Waals surface area contributed by atoms with E-state index in [4.69, 9.17) is 0 Å². The number of carbonyl (C=O) groups is 1. The van der Waals surface area contributed by atoms with E-state index < -0.39 is 21.7 Å². The molecule has 0 atom stereocenters. The van der Waals surface area contributed by atoms with E-state index >= 15 is 0 Å². The Bertz CT molecular complexity index is 999. The lowest BCUT2D eigenvalue weighted by atomic mass is 10.1. The lowest BCUT2D eigenvalue weighted by Crippen LogP contribution is -2.35. The number of amides is 1. The minimum atomic E-state index is -3.63. The van der Waals surface area contributed by atoms with Gasteiger partial charge >= 0.3 is 0 Å². The van der Waals surface area contributed by atoms with Crippen molar-refractivity contribution in [3.05, 3.63) is 65.5 Å². The fourth-order valence-electron chi connectivity index (χ4n) is 3.07. The molecule has 148 valence electrons. The number of carbonyl (C=O) groups excluding carboxylic acids is 1. The molecule has 0 unspecified atom stereocenters. The lowest BCUT2D eigenvalue weighted by Gasteiger charge is -2.25. The van der Waals surface area contributed by atoms with Gasteiger partial charge in [0.15, 0.2) is 0 Å². The van der Waals surface area contributed by atoms with Crippen molar-refractivity contribution in [3.8, 4) is 0 Å². The summed E-state index contributed by atoms with van der Waals surface area (Å²) in [5.74, 6) is -1.00. The zero-order valence-electron chi connectivity index (χ0n) is 15.6. The van der Waals surface area contributed by atoms with Crippen LogP contribution in [0.5, 0.6) is 0 Å². The van der Waals surface area contributed by atoms with Crippen molar-refractivity contribution in [1.82, 2.24) is 9.73 Å². The Morgan fingerprint density at radius 2 is 1.79 bits per heavy atom. The molecular formula is C20H22FN3O3S. The van der Waals surface area contributed by atoms with Crippen molar-refractivity contribution >= 4 is 21.6 Å². The molecule has 0 saturated carbocycles. The topological polar surface area (TPSA) is 78.8 Å². The lowest BCUT2D eigenvalue weighted by molar-refractivity contribution is 0.0954. The van der Waals surface area contributed by atoms with Crippen LogP contribution in [0.25, 0.3) is 0 Å². The van der Waals surface area contributed by atoms with Crippen molar-refractivity contribution in [3.63, 3.8) is 0 Å². The second-order valence-corrected chi connectivity index (χ2v) is 8.55. The second kappa shape index (κ2) is 8.62. The highest BCUT2D eigenvalue weighted by atomic mass is 32.2. The molecule has 0 aromatic heterocycles. The predicted molar refractivity (Wildman–Crippen MR) is 105 cm³/mol. The van der Waals surface area contributed by atoms with Crippen LogP contribution in [0, 0.1) is 5.82 Å². The highest BCUT2D eigenvalue weighted by Gasteiger charge is 2.26. The average Bonchev–Trinajstić information content (AvgIpc) is 2.73. The molecule has 3 rings (SSSR count). The minimum absolute atomic E-state index is 0.0804. The summed E-state index contributed by atoms with van der Waals surface area (Å²) in [7, 11) is -3.63. The molecule has 1 N–H and O–H groups in total. The fourth-order valence-corrected chi connectivity index (χ4v) is 4.63. The van der Waals surface area contributed by atoms with E-state index in [0.29, 0.717) is 18.8 Å². The van der Waals surface area contributed by atoms with Crippen molar-refractivity contribution in [1.29, 1.82) is 0 Å². The second-order valence-electron chi connectivity index (χ2n) is 6.61. The Kier molecular flexibility index (Phi) is 6.21. The molecule has 1 fully saturated rings. The highest BCUT2D eigenvalue weighted by molar-refractivity contribution is 7.89. The first-order valence-corrected chi connectivity index (χ1v) is 10.5. The number of rotatable bonds is 5. The Balaban J connectivity index is 1.77. The molecule has 0 aliphatic carbocycles. The molecule has 1 aliphatic rings. The summed E-state index contributed by atoms with van der Waals surface area (Å²) in [6.45, 7) is 2.56. The molecule has 2 aromatic carbocycles. The van der Waals surface area contributed by atoms with Gasteiger partial charge < -0.3 is 0 Å². The van der Waals surface area contributed by atoms with Gasteiger partial charge in [0.25, 0.3) is 5.91 Å². The molecule has 1 heterocycles. The number of hydrazone groups is 1. The van der Waals surface area contributed by atoms with Crippen LogP contribution in [-0.2, 0) is 10.0 Å². The third-order valence-corrected chi connectivity index (χ3v) is 6.53. The number of hydrogen-bond donors (Lipinski definition) is 1. The van der Waals surface area contributed by atoms with E-state index in [1.54, 1.807) is 25.1 Å². The van der Waals surface area contributed by atoms with Crippen LogP contribution < -0.4 is 5.43 Å². The molecule has 0 radical (unpaired) electrons. The van der Waals surface area contributed by atoms with Crippen LogP contribution in [0.3, 0.4) is 0 Å². The van der Waals surface area contributed by atoms with Crippen LogP contribution in [0.4, 0.5) is 4.39 Å². The zero-order chi connectivity index (χ0) is 20.1. The third-order valence-electron chi connectivity index (χ3n) is 4.64. The van der Waals surface area contributed by atoms with Crippen LogP contribution in [0.15, 0.2) is 58.5 Å². The summed E-state index contributed by atoms with van der Waals surface area (Å²) >= 11 is 0. The molecule has 6 nitrogen and oxygen atoms in total. The molecular weight excluding hydrogens is 381 g/mol. The number of benzene rings is 2. The van der Waals surface area contributed by atoms with Crippen molar-refractivity contribution in [2.45, 2.75) is 31.1 Å². The normalized spacial score (nSPS) is 16.0. The van der Waals surface area contributed by atoms with E-state index in [0.717, 1.165) is 19.3 Å². The first-order valence-electron chi connectivity index (χ1n) is 9.09. The molecule has 2 aromatic rings. The maximum Gasteiger partial charge on any atom is 0.271 e. The van der Waals surface area contributed by atoms with Gasteiger partial charge in [-0.3, -0.25) is 4.79 Å². The molecule has 28 heavy (non-hydrogen) atoms. The number of halogens is 1. The molecule has 0 bridgehead atoms. The Labute approximate surface area is 164 Å². The summed E-state index contributed by atoms with van der Waals surface area (Å²) < 4.78 is 40.8. The average molecular weight is 403 g/mol. The van der Waals surface area contributed by atoms with Crippen LogP contribution in [0.1, 0.15) is 42.1 Å². The first-order chi connectivity index (χ1) is 13.4. The fraction of sp³-hybridized carbons (Fsp3) is 0.300. The SMILES string of the molecule is C/C(=N\NC(=O)c1cccc(S(=O)(=O)N2CCCCC2)c1)c1ccccc1F. The number of hydrogen-bond acceptors (Lipinski definition) is 4. The number of piperidine rings is 1. The van der Waals surface area contributed by atoms with Crippen molar-refractivity contribution < 1.29 is 17.6 Å². The van der Waals surface area contributed by atoms with Gasteiger partial charge in [0.2, 0.25) is 10.0 Å². The van der Waals surface area contributed by atoms with Crippen LogP contribution >= 0.6 is 0 Å². The van der Waals surface area contributed by atoms with E-state index in [2.05, 4.69) is 10.5 Å². The monoisotopic (exact) mass is 403 g/mol. The zero-order valence-corrected chi connectivity index (χ0v) is 16.4. The Morgan fingerprint density at radius 1 is 1.07 bits per heavy atom. The third kappa shape index (κ3) is 4.45. The quantitative estimate of drug-likeness (QED) is 0.615. The van der Waals surface area contributed by atoms with Gasteiger partial charge in [0.05, 0.1) is 10.6 Å². The van der Waals surface area contributed by atoms with E-state index in [1.165, 1.54) is 34.6 Å². The maximum absolute atomic E-state index is 13.8. The summed E-state index contributed by atoms with van der Waals surface area (Å²) in [6, 6.07) is 12.0. The van der Waals surface area contributed by atoms with E-state index in [1.807, 2.05) is 0 Å². The smallest absolute Gasteiger partial charge is 0.267 e.